The zero-order chi connectivity index (χ0) is 36.2. The molecule has 4 aromatic rings. The Bertz CT molecular complexity index is 1900. The van der Waals surface area contributed by atoms with Gasteiger partial charge >= 0.3 is 5.97 Å². The molecule has 2 atom stereocenters. The highest BCUT2D eigenvalue weighted by Crippen LogP contribution is 2.39. The zero-order valence-electron chi connectivity index (χ0n) is 30.1. The molecule has 0 bridgehead atoms. The number of aryl methyl sites for hydroxylation is 1. The molecule has 0 unspecified atom stereocenters. The van der Waals surface area contributed by atoms with Gasteiger partial charge in [-0.15, -0.1) is 13.0 Å². The summed E-state index contributed by atoms with van der Waals surface area (Å²) in [5.74, 6) is 2.87. The Morgan fingerprint density at radius 1 is 1.16 bits per heavy atom. The number of piperidine rings is 1. The van der Waals surface area contributed by atoms with Crippen molar-refractivity contribution in [2.45, 2.75) is 84.7 Å². The fourth-order valence-electron chi connectivity index (χ4n) is 6.16. The van der Waals surface area contributed by atoms with E-state index < -0.39 is 29.6 Å². The average Bonchev–Trinajstić information content (AvgIpc) is 3.50. The van der Waals surface area contributed by atoms with E-state index in [4.69, 9.17) is 35.5 Å². The predicted octanol–water partition coefficient (Wildman–Crippen LogP) is 7.89. The van der Waals surface area contributed by atoms with Crippen LogP contribution in [0, 0.1) is 25.1 Å². The van der Waals surface area contributed by atoms with Crippen LogP contribution in [-0.2, 0) is 19.0 Å². The van der Waals surface area contributed by atoms with E-state index in [1.54, 1.807) is 30.5 Å². The van der Waals surface area contributed by atoms with Crippen molar-refractivity contribution in [3.63, 3.8) is 0 Å². The van der Waals surface area contributed by atoms with Gasteiger partial charge in [-0.25, -0.2) is 14.2 Å². The summed E-state index contributed by atoms with van der Waals surface area (Å²) in [6.07, 6.45) is 7.29. The summed E-state index contributed by atoms with van der Waals surface area (Å²) >= 11 is 0. The molecule has 2 aromatic carbocycles. The van der Waals surface area contributed by atoms with Crippen molar-refractivity contribution in [3.8, 4) is 40.5 Å². The molecule has 50 heavy (non-hydrogen) atoms. The second-order valence-corrected chi connectivity index (χ2v) is 13.8. The number of aromatic nitrogens is 3. The number of ether oxygens (including phenoxy) is 4. The molecular weight excluding hydrogens is 635 g/mol. The van der Waals surface area contributed by atoms with Crippen molar-refractivity contribution in [2.24, 2.45) is 0 Å². The Balaban J connectivity index is 1.66. The van der Waals surface area contributed by atoms with Gasteiger partial charge in [0, 0.05) is 36.0 Å². The number of terminal acetylenes is 1. The number of carbonyl (C=O) groups excluding carboxylic acids is 1. The van der Waals surface area contributed by atoms with Gasteiger partial charge in [-0.1, -0.05) is 30.2 Å². The maximum absolute atomic E-state index is 14.5. The van der Waals surface area contributed by atoms with Crippen LogP contribution in [0.3, 0.4) is 0 Å². The lowest BCUT2D eigenvalue weighted by molar-refractivity contribution is -0.166. The van der Waals surface area contributed by atoms with Gasteiger partial charge < -0.3 is 23.8 Å². The second-order valence-electron chi connectivity index (χ2n) is 13.8. The third-order valence-electron chi connectivity index (χ3n) is 8.66. The van der Waals surface area contributed by atoms with Crippen molar-refractivity contribution in [3.05, 3.63) is 78.3 Å². The molecule has 1 saturated heterocycles. The van der Waals surface area contributed by atoms with Crippen LogP contribution in [0.25, 0.3) is 28.0 Å². The molecular formula is C40H47FN4O5. The highest BCUT2D eigenvalue weighted by Gasteiger charge is 2.38. The Morgan fingerprint density at radius 3 is 2.54 bits per heavy atom. The molecule has 3 heterocycles. The molecule has 0 N–H and O–H groups in total. The van der Waals surface area contributed by atoms with Gasteiger partial charge in [0.1, 0.15) is 17.4 Å². The maximum atomic E-state index is 14.5. The minimum Gasteiger partial charge on any atom is -0.477 e. The molecule has 0 spiro atoms. The summed E-state index contributed by atoms with van der Waals surface area (Å²) in [5, 5.41) is 5.09. The molecule has 5 rings (SSSR count). The van der Waals surface area contributed by atoms with E-state index in [0.717, 1.165) is 24.0 Å². The van der Waals surface area contributed by atoms with E-state index in [9.17, 15) is 9.18 Å². The first-order valence-corrected chi connectivity index (χ1v) is 17.0. The Labute approximate surface area is 294 Å². The minimum atomic E-state index is -1.04. The minimum absolute atomic E-state index is 0.206. The number of esters is 1. The standard InChI is InChI=1S/C40H47FN4O5/c1-10-22-48-40(9)18-20-44(21-19-40)37-35(36(38(46)47-12-3)50-39(6,7)8)27(5)42-34-25-32(43-45(34)37)29-15-13-14-28(23-29)31-24-30(41)16-17-33(31)49-26(4)11-2/h2,10,13-17,23-26,36H,1,12,18-22H2,3-9H3/t26-,36-/m0/s1. The van der Waals surface area contributed by atoms with Gasteiger partial charge in [-0.2, -0.15) is 9.61 Å². The number of fused-ring (bicyclic) bond motifs is 1. The highest BCUT2D eigenvalue weighted by molar-refractivity contribution is 5.81. The number of hydrogen-bond donors (Lipinski definition) is 0. The quantitative estimate of drug-likeness (QED) is 0.0847. The molecule has 1 aliphatic rings. The molecule has 0 amide bonds. The largest absolute Gasteiger partial charge is 0.477 e. The van der Waals surface area contributed by atoms with Gasteiger partial charge in [0.2, 0.25) is 0 Å². The summed E-state index contributed by atoms with van der Waals surface area (Å²) in [6.45, 7) is 19.0. The fourth-order valence-corrected chi connectivity index (χ4v) is 6.16. The number of benzene rings is 2. The Kier molecular flexibility index (Phi) is 11.0. The molecule has 9 nitrogen and oxygen atoms in total. The van der Waals surface area contributed by atoms with Crippen LogP contribution in [-0.4, -0.2) is 64.2 Å². The molecule has 2 aromatic heterocycles. The smallest absolute Gasteiger partial charge is 0.340 e. The highest BCUT2D eigenvalue weighted by atomic mass is 19.1. The van der Waals surface area contributed by atoms with Gasteiger partial charge in [-0.05, 0) is 91.1 Å². The molecule has 1 aliphatic heterocycles. The number of halogens is 1. The van der Waals surface area contributed by atoms with Gasteiger partial charge in [0.05, 0.1) is 35.7 Å². The average molecular weight is 683 g/mol. The first kappa shape index (κ1) is 36.6. The van der Waals surface area contributed by atoms with E-state index >= 15 is 0 Å². The lowest BCUT2D eigenvalue weighted by Gasteiger charge is -2.41. The van der Waals surface area contributed by atoms with Crippen LogP contribution in [0.1, 0.15) is 71.7 Å². The van der Waals surface area contributed by atoms with Gasteiger partial charge in [-0.3, -0.25) is 0 Å². The van der Waals surface area contributed by atoms with E-state index in [0.29, 0.717) is 59.4 Å². The van der Waals surface area contributed by atoms with E-state index in [-0.39, 0.29) is 12.2 Å². The van der Waals surface area contributed by atoms with Crippen LogP contribution in [0.15, 0.2) is 61.2 Å². The number of carbonyl (C=O) groups is 1. The van der Waals surface area contributed by atoms with E-state index in [1.807, 2.05) is 58.0 Å². The molecule has 10 heteroatoms. The van der Waals surface area contributed by atoms with Crippen molar-refractivity contribution in [1.29, 1.82) is 0 Å². The maximum Gasteiger partial charge on any atom is 0.340 e. The van der Waals surface area contributed by atoms with Gasteiger partial charge in [0.15, 0.2) is 17.9 Å². The molecule has 0 aliphatic carbocycles. The molecule has 0 radical (unpaired) electrons. The van der Waals surface area contributed by atoms with Crippen molar-refractivity contribution >= 4 is 17.4 Å². The fraction of sp³-hybridized carbons (Fsp3) is 0.425. The van der Waals surface area contributed by atoms with Crippen molar-refractivity contribution in [1.82, 2.24) is 14.6 Å². The van der Waals surface area contributed by atoms with Crippen LogP contribution in [0.2, 0.25) is 0 Å². The third kappa shape index (κ3) is 8.18. The summed E-state index contributed by atoms with van der Waals surface area (Å²) in [4.78, 5) is 20.8. The van der Waals surface area contributed by atoms with Crippen LogP contribution >= 0.6 is 0 Å². The van der Waals surface area contributed by atoms with Crippen LogP contribution < -0.4 is 9.64 Å². The molecule has 1 fully saturated rings. The molecule has 264 valence electrons. The van der Waals surface area contributed by atoms with E-state index in [2.05, 4.69) is 24.3 Å². The first-order chi connectivity index (χ1) is 23.8. The summed E-state index contributed by atoms with van der Waals surface area (Å²) in [6, 6.07) is 13.9. The monoisotopic (exact) mass is 682 g/mol. The lowest BCUT2D eigenvalue weighted by Crippen LogP contribution is -2.45. The number of anilines is 1. The van der Waals surface area contributed by atoms with Gasteiger partial charge in [0.25, 0.3) is 0 Å². The summed E-state index contributed by atoms with van der Waals surface area (Å²) < 4.78 is 40.4. The van der Waals surface area contributed by atoms with E-state index in [1.165, 1.54) is 12.1 Å². The SMILES string of the molecule is C#C[C@H](C)Oc1ccc(F)cc1-c1cccc(-c2cc3nc(C)c([C@H](OC(C)(C)C)C(=O)OCC)c(N4CCC(C)(OCC=C)CC4)n3n2)c1. The Hall–Kier alpha value is -4.72. The normalized spacial score (nSPS) is 15.7. The zero-order valence-corrected chi connectivity index (χ0v) is 30.1. The number of nitrogens with zero attached hydrogens (tertiary/aromatic N) is 4. The first-order valence-electron chi connectivity index (χ1n) is 17.0. The predicted molar refractivity (Wildman–Crippen MR) is 194 cm³/mol. The summed E-state index contributed by atoms with van der Waals surface area (Å²) in [7, 11) is 0. The summed E-state index contributed by atoms with van der Waals surface area (Å²) in [5.41, 5.74) is 3.60. The molecule has 0 saturated carbocycles. The number of hydrogen-bond acceptors (Lipinski definition) is 8. The second kappa shape index (κ2) is 15.0. The van der Waals surface area contributed by atoms with Crippen LogP contribution in [0.5, 0.6) is 5.75 Å². The lowest BCUT2D eigenvalue weighted by atomic mass is 9.92. The van der Waals surface area contributed by atoms with Crippen molar-refractivity contribution in [2.75, 3.05) is 31.2 Å². The topological polar surface area (TPSA) is 87.4 Å². The van der Waals surface area contributed by atoms with Crippen LogP contribution in [0.4, 0.5) is 10.2 Å². The number of rotatable bonds is 12. The third-order valence-corrected chi connectivity index (χ3v) is 8.66. The van der Waals surface area contributed by atoms with Crippen molar-refractivity contribution < 1.29 is 28.1 Å². The Morgan fingerprint density at radius 2 is 1.88 bits per heavy atom.